The van der Waals surface area contributed by atoms with E-state index in [0.29, 0.717) is 64.2 Å². The van der Waals surface area contributed by atoms with Gasteiger partial charge >= 0.3 is 0 Å². The number of para-hydroxylation sites is 2. The van der Waals surface area contributed by atoms with Crippen molar-refractivity contribution in [3.63, 3.8) is 0 Å². The number of H-pyrrole nitrogens is 3. The molecule has 2 aliphatic rings. The van der Waals surface area contributed by atoms with E-state index >= 15 is 28.8 Å². The molecule has 0 aliphatic carbocycles. The van der Waals surface area contributed by atoms with Crippen LogP contribution >= 0.6 is 11.8 Å². The first kappa shape index (κ1) is 104. The minimum atomic E-state index is -1.90. The number of phenols is 1. The van der Waals surface area contributed by atoms with Gasteiger partial charge in [-0.05, 0) is 93.2 Å². The SMILES string of the molecule is CCCC[C@@H](C(=O)N(C)[C@@H](CCCC)C(=O)N[C@@H](C)C(=O)N[C@@H](CSC)C(=O)NCC(N)=O)N(C)C(=O)[C@H](Cc1c[nH]c2ccccc12)NC(=O)[C@H](CO)NC(=O)[C@H](Cc1c[nH]c2ccccc12)NC(=O)[C@@H]1C[C@@H](O)CN1C(=O)[C@H](CCC(N)=O)NC(=O)[C@H](Cc1cnc[nH]1)NC(=O)[C@@H]1CCCN1C(=O)[C@H](CC(N)=O)NC(=O)[C@H](C)N(C)C(=O)[C@H](Cc1ccc(O)cc1)NC(C)=O. The highest BCUT2D eigenvalue weighted by atomic mass is 32.2. The van der Waals surface area contributed by atoms with Crippen molar-refractivity contribution in [3.8, 4) is 5.75 Å². The number of amides is 18. The molecule has 0 saturated carbocycles. The Balaban J connectivity index is 1.01. The number of hydrogen-bond acceptors (Lipinski definition) is 23. The molecule has 0 bridgehead atoms. The van der Waals surface area contributed by atoms with Gasteiger partial charge in [0, 0.05) is 132 Å². The number of aromatic amines is 3. The van der Waals surface area contributed by atoms with Crippen LogP contribution in [0.1, 0.15) is 134 Å². The van der Waals surface area contributed by atoms with Crippen LogP contribution in [0.3, 0.4) is 0 Å². The van der Waals surface area contributed by atoms with Crippen LogP contribution in [0, 0.1) is 0 Å². The summed E-state index contributed by atoms with van der Waals surface area (Å²) >= 11 is 1.23. The number of primary amides is 3. The summed E-state index contributed by atoms with van der Waals surface area (Å²) in [6, 6.07) is -0.952. The number of aliphatic hydroxyl groups excluding tert-OH is 2. The van der Waals surface area contributed by atoms with E-state index in [2.05, 4.69) is 73.1 Å². The summed E-state index contributed by atoms with van der Waals surface area (Å²) < 4.78 is 0. The summed E-state index contributed by atoms with van der Waals surface area (Å²) in [5.41, 5.74) is 19.5. The highest BCUT2D eigenvalue weighted by molar-refractivity contribution is 7.98. The number of fused-ring (bicyclic) bond motifs is 2. The van der Waals surface area contributed by atoms with Gasteiger partial charge in [0.2, 0.25) is 106 Å². The second-order valence-electron chi connectivity index (χ2n) is 33.1. The van der Waals surface area contributed by atoms with Crippen molar-refractivity contribution in [2.75, 3.05) is 59.4 Å². The van der Waals surface area contributed by atoms with Crippen molar-refractivity contribution in [2.24, 2.45) is 17.2 Å². The second-order valence-corrected chi connectivity index (χ2v) is 34.0. The monoisotopic (exact) mass is 1850 g/mol. The fraction of sp³-hybridized carbons (Fsp3) is 0.511. The summed E-state index contributed by atoms with van der Waals surface area (Å²) in [5.74, 6) is -15.9. The maximum Gasteiger partial charge on any atom is 0.246 e. The molecule has 15 atom stereocenters. The summed E-state index contributed by atoms with van der Waals surface area (Å²) in [4.78, 5) is 272. The highest BCUT2D eigenvalue weighted by Gasteiger charge is 2.47. The van der Waals surface area contributed by atoms with Crippen LogP contribution in [0.25, 0.3) is 21.8 Å². The molecule has 132 heavy (non-hydrogen) atoms. The van der Waals surface area contributed by atoms with Crippen molar-refractivity contribution in [2.45, 2.75) is 228 Å². The maximum atomic E-state index is 15.5. The van der Waals surface area contributed by atoms with Gasteiger partial charge in [0.1, 0.15) is 90.3 Å². The van der Waals surface area contributed by atoms with Gasteiger partial charge in [-0.1, -0.05) is 88.1 Å². The number of hydrogen-bond donors (Lipinski definition) is 19. The van der Waals surface area contributed by atoms with Crippen molar-refractivity contribution in [3.05, 3.63) is 120 Å². The maximum absolute atomic E-state index is 15.5. The van der Waals surface area contributed by atoms with Gasteiger partial charge in [-0.3, -0.25) is 86.3 Å². The number of likely N-dealkylation sites (tertiary alicyclic amines) is 2. The number of β-amino-alcohol motifs (C(OH)–C–C–N with tert-alkyl or cyclic N) is 1. The van der Waals surface area contributed by atoms with E-state index in [9.17, 15) is 72.9 Å². The number of likely N-dealkylation sites (N-methyl/N-ethyl adjacent to an activating group) is 3. The summed E-state index contributed by atoms with van der Waals surface area (Å²) in [7, 11) is 4.02. The van der Waals surface area contributed by atoms with Crippen LogP contribution in [0.4, 0.5) is 0 Å². The lowest BCUT2D eigenvalue weighted by Gasteiger charge is -2.36. The molecule has 0 unspecified atom stereocenters. The number of nitrogens with zero attached hydrogens (tertiary/aromatic N) is 6. The molecule has 2 fully saturated rings. The molecular weight excluding hydrogens is 1730 g/mol. The molecule has 18 amide bonds. The molecule has 3 aromatic heterocycles. The average Bonchev–Trinajstić information content (AvgIpc) is 1.63. The average molecular weight is 1860 g/mol. The van der Waals surface area contributed by atoms with Crippen molar-refractivity contribution in [1.82, 2.24) is 97.6 Å². The molecule has 44 heteroatoms. The third kappa shape index (κ3) is 28.7. The lowest BCUT2D eigenvalue weighted by Crippen LogP contribution is -2.61. The first-order chi connectivity index (χ1) is 62.8. The fourth-order valence-electron chi connectivity index (χ4n) is 15.9. The molecule has 8 rings (SSSR count). The zero-order chi connectivity index (χ0) is 96.9. The number of nitrogens with one attached hydrogen (secondary N) is 13. The number of aromatic nitrogens is 4. The smallest absolute Gasteiger partial charge is 0.246 e. The topological polar surface area (TPSA) is 643 Å². The predicted molar refractivity (Wildman–Crippen MR) is 482 cm³/mol. The summed E-state index contributed by atoms with van der Waals surface area (Å²) in [6.45, 7) is 5.34. The first-order valence-electron chi connectivity index (χ1n) is 43.6. The number of carbonyl (C=O) groups is 18. The molecule has 2 saturated heterocycles. The van der Waals surface area contributed by atoms with Crippen molar-refractivity contribution < 1.29 is 102 Å². The number of aromatic hydroxyl groups is 1. The van der Waals surface area contributed by atoms with Gasteiger partial charge < -0.3 is 125 Å². The Hall–Kier alpha value is -13.5. The van der Waals surface area contributed by atoms with Crippen molar-refractivity contribution >= 4 is 140 Å². The summed E-state index contributed by atoms with van der Waals surface area (Å²) in [6.07, 6.45) is 4.92. The zero-order valence-electron chi connectivity index (χ0n) is 75.3. The molecular formula is C88H122N22O21S. The first-order valence-corrected chi connectivity index (χ1v) is 45.0. The molecule has 22 N–H and O–H groups in total. The van der Waals surface area contributed by atoms with Gasteiger partial charge in [-0.2, -0.15) is 11.8 Å². The Kier molecular flexibility index (Phi) is 38.9. The number of unbranched alkanes of at least 4 members (excludes halogenated alkanes) is 2. The van der Waals surface area contributed by atoms with Gasteiger partial charge in [0.25, 0.3) is 0 Å². The van der Waals surface area contributed by atoms with Gasteiger partial charge in [0.15, 0.2) is 0 Å². The standard InChI is InChI=1S/C88H122N22O21S/c1-10-12-23-68(81(124)97-47(3)75(118)105-67(45-132-9)77(120)95-42-74(91)117)107(7)88(131)70(24-13-11-2)108(8)85(128)64(35-52-40-94-59-22-17-15-20-57(52)59)103-80(123)66(44-111)104-78(121)61(34-51-39-93-58-21-16-14-19-56(51)58)100-83(126)71-37-55(114)43-110(71)86(129)60(30-31-72(89)115)99-79(122)62(36-53-41-92-46-96-53)101-82(125)69-25-18-32-109(69)87(130)65(38-73(90)116)102-76(119)48(4)106(6)84(127)63(98-49(5)112)33-50-26-28-54(113)29-27-50/h14-17,19-22,26-29,39-41,46-48,55,60-71,93-94,111,113-114H,10-13,18,23-25,30-38,42-45H2,1-9H3,(H2,89,115)(H2,90,116)(H2,91,117)(H,92,96)(H,95,120)(H,97,124)(H,98,112)(H,99,122)(H,100,126)(H,101,125)(H,102,119)(H,103,123)(H,104,121)(H,105,118)/t47-,48-,55+,60-,61-,62-,63-,64-,65-,66-,67-,68-,69-,70-,71-/m0/s1. The number of phenolic OH excluding ortho intramolecular Hbond substituents is 1. The minimum Gasteiger partial charge on any atom is -0.508 e. The Bertz CT molecular complexity index is 5110. The Labute approximate surface area is 766 Å². The van der Waals surface area contributed by atoms with Gasteiger partial charge in [-0.25, -0.2) is 4.98 Å². The molecule has 3 aromatic carbocycles. The summed E-state index contributed by atoms with van der Waals surface area (Å²) in [5, 5.41) is 59.5. The quantitative estimate of drug-likeness (QED) is 0.0178. The van der Waals surface area contributed by atoms with E-state index < -0.39 is 242 Å². The number of rotatable bonds is 50. The number of carbonyl (C=O) groups excluding carboxylic acids is 18. The molecule has 2 aliphatic heterocycles. The normalized spacial score (nSPS) is 16.9. The van der Waals surface area contributed by atoms with Crippen LogP contribution < -0.4 is 70.4 Å². The lowest BCUT2D eigenvalue weighted by molar-refractivity contribution is -0.149. The molecule has 43 nitrogen and oxygen atoms in total. The van der Waals surface area contributed by atoms with E-state index in [1.807, 2.05) is 13.8 Å². The van der Waals surface area contributed by atoms with Crippen LogP contribution in [-0.2, 0) is 112 Å². The second kappa shape index (κ2) is 49.5. The number of nitrogens with two attached hydrogens (primary N) is 3. The minimum absolute atomic E-state index is 0.0233. The van der Waals surface area contributed by atoms with Crippen molar-refractivity contribution in [1.29, 1.82) is 0 Å². The highest BCUT2D eigenvalue weighted by Crippen LogP contribution is 2.28. The van der Waals surface area contributed by atoms with E-state index in [1.54, 1.807) is 67.2 Å². The van der Waals surface area contributed by atoms with E-state index in [-0.39, 0.29) is 75.1 Å². The molecule has 0 radical (unpaired) electrons. The van der Waals surface area contributed by atoms with Gasteiger partial charge in [-0.15, -0.1) is 0 Å². The Morgan fingerprint density at radius 2 is 1.07 bits per heavy atom. The predicted octanol–water partition coefficient (Wildman–Crippen LogP) is -3.32. The largest absolute Gasteiger partial charge is 0.508 e. The van der Waals surface area contributed by atoms with Crippen LogP contribution in [0.15, 0.2) is 97.7 Å². The number of thioether (sulfide) groups is 1. The van der Waals surface area contributed by atoms with Crippen LogP contribution in [0.5, 0.6) is 5.75 Å². The Morgan fingerprint density at radius 3 is 1.64 bits per heavy atom. The van der Waals surface area contributed by atoms with E-state index in [4.69, 9.17) is 17.2 Å². The number of aliphatic hydroxyl groups is 2. The molecule has 5 heterocycles. The fourth-order valence-corrected chi connectivity index (χ4v) is 16.4. The van der Waals surface area contributed by atoms with Crippen LogP contribution in [-0.4, -0.2) is 316 Å². The lowest BCUT2D eigenvalue weighted by atomic mass is 10.00. The number of benzene rings is 3. The molecule has 716 valence electrons. The van der Waals surface area contributed by atoms with Crippen LogP contribution in [0.2, 0.25) is 0 Å². The van der Waals surface area contributed by atoms with E-state index in [0.717, 1.165) is 19.6 Å². The third-order valence-corrected chi connectivity index (χ3v) is 24.0. The molecule has 0 spiro atoms. The van der Waals surface area contributed by atoms with E-state index in [1.165, 1.54) is 95.4 Å². The zero-order valence-corrected chi connectivity index (χ0v) is 76.1. The Morgan fingerprint density at radius 1 is 0.538 bits per heavy atom. The molecule has 6 aromatic rings. The van der Waals surface area contributed by atoms with Gasteiger partial charge in [0.05, 0.1) is 32.0 Å². The third-order valence-electron chi connectivity index (χ3n) is 23.3. The number of imidazole rings is 1.